The average Bonchev–Trinajstić information content (AvgIpc) is 3.51. The van der Waals surface area contributed by atoms with E-state index in [0.717, 1.165) is 42.1 Å². The maximum absolute atomic E-state index is 12.7. The van der Waals surface area contributed by atoms with Crippen molar-refractivity contribution in [2.45, 2.75) is 43.5 Å². The van der Waals surface area contributed by atoms with Gasteiger partial charge in [0.1, 0.15) is 0 Å². The first kappa shape index (κ1) is 21.0. The summed E-state index contributed by atoms with van der Waals surface area (Å²) in [6.45, 7) is 2.35. The van der Waals surface area contributed by atoms with Crippen LogP contribution in [-0.4, -0.2) is 44.8 Å². The van der Waals surface area contributed by atoms with Crippen molar-refractivity contribution in [3.63, 3.8) is 0 Å². The summed E-state index contributed by atoms with van der Waals surface area (Å²) < 4.78 is 27.9. The molecule has 0 bridgehead atoms. The predicted molar refractivity (Wildman–Crippen MR) is 116 cm³/mol. The largest absolute Gasteiger partial charge is 0.343 e. The van der Waals surface area contributed by atoms with Gasteiger partial charge in [0, 0.05) is 49.6 Å². The van der Waals surface area contributed by atoms with Crippen molar-refractivity contribution in [3.05, 3.63) is 46.2 Å². The van der Waals surface area contributed by atoms with E-state index in [2.05, 4.69) is 4.72 Å². The van der Waals surface area contributed by atoms with E-state index in [1.54, 1.807) is 17.0 Å². The van der Waals surface area contributed by atoms with Gasteiger partial charge in [-0.1, -0.05) is 6.07 Å². The van der Waals surface area contributed by atoms with Crippen LogP contribution in [0.3, 0.4) is 0 Å². The molecule has 0 radical (unpaired) electrons. The highest BCUT2D eigenvalue weighted by molar-refractivity contribution is 7.89. The predicted octanol–water partition coefficient (Wildman–Crippen LogP) is 2.52. The molecule has 4 rings (SSSR count). The maximum Gasteiger partial charge on any atom is 0.240 e. The number of carbonyl (C=O) groups excluding carboxylic acids is 2. The minimum absolute atomic E-state index is 0.0403. The SMILES string of the molecule is O=C(CCC(=O)N1CCc2cc(S(=O)(=O)NCc3cccs3)ccc21)N1CCCC1. The maximum atomic E-state index is 12.7. The van der Waals surface area contributed by atoms with Crippen LogP contribution in [-0.2, 0) is 32.6 Å². The molecule has 0 atom stereocenters. The van der Waals surface area contributed by atoms with E-state index in [4.69, 9.17) is 0 Å². The second kappa shape index (κ2) is 8.87. The second-order valence-electron chi connectivity index (χ2n) is 7.58. The van der Waals surface area contributed by atoms with E-state index in [1.165, 1.54) is 17.4 Å². The summed E-state index contributed by atoms with van der Waals surface area (Å²) in [7, 11) is -3.62. The Hall–Kier alpha value is -2.23. The summed E-state index contributed by atoms with van der Waals surface area (Å²) in [6.07, 6.45) is 3.08. The number of anilines is 1. The van der Waals surface area contributed by atoms with Crippen LogP contribution in [0.25, 0.3) is 0 Å². The van der Waals surface area contributed by atoms with Crippen molar-refractivity contribution < 1.29 is 18.0 Å². The Bertz CT molecular complexity index is 1030. The molecule has 2 aliphatic rings. The molecule has 9 heteroatoms. The van der Waals surface area contributed by atoms with Crippen LogP contribution in [0.1, 0.15) is 36.1 Å². The summed E-state index contributed by atoms with van der Waals surface area (Å²) in [4.78, 5) is 29.5. The zero-order valence-electron chi connectivity index (χ0n) is 16.7. The quantitative estimate of drug-likeness (QED) is 0.707. The summed E-state index contributed by atoms with van der Waals surface area (Å²) >= 11 is 1.50. The molecule has 7 nitrogen and oxygen atoms in total. The van der Waals surface area contributed by atoms with E-state index in [1.807, 2.05) is 22.4 Å². The van der Waals surface area contributed by atoms with Gasteiger partial charge >= 0.3 is 0 Å². The van der Waals surface area contributed by atoms with Crippen molar-refractivity contribution in [1.82, 2.24) is 9.62 Å². The van der Waals surface area contributed by atoms with E-state index in [9.17, 15) is 18.0 Å². The normalized spacial score (nSPS) is 16.1. The standard InChI is InChI=1S/C21H25N3O4S2/c25-20(23-10-1-2-11-23)7-8-21(26)24-12-9-16-14-18(5-6-19(16)24)30(27,28)22-15-17-4-3-13-29-17/h3-6,13-14,22H,1-2,7-12,15H2. The first-order valence-electron chi connectivity index (χ1n) is 10.2. The lowest BCUT2D eigenvalue weighted by atomic mass is 10.2. The Kier molecular flexibility index (Phi) is 6.21. The fourth-order valence-corrected chi connectivity index (χ4v) is 5.73. The molecule has 2 aliphatic heterocycles. The van der Waals surface area contributed by atoms with Gasteiger partial charge in [0.15, 0.2) is 0 Å². The molecule has 0 spiro atoms. The van der Waals surface area contributed by atoms with E-state index in [-0.39, 0.29) is 36.1 Å². The molecule has 1 aromatic heterocycles. The van der Waals surface area contributed by atoms with Gasteiger partial charge in [-0.2, -0.15) is 0 Å². The summed E-state index contributed by atoms with van der Waals surface area (Å²) in [5.41, 5.74) is 1.58. The van der Waals surface area contributed by atoms with Crippen LogP contribution in [0, 0.1) is 0 Å². The number of fused-ring (bicyclic) bond motifs is 1. The smallest absolute Gasteiger partial charge is 0.240 e. The van der Waals surface area contributed by atoms with Crippen LogP contribution in [0.4, 0.5) is 5.69 Å². The van der Waals surface area contributed by atoms with Crippen molar-refractivity contribution >= 4 is 38.9 Å². The van der Waals surface area contributed by atoms with Crippen LogP contribution in [0.5, 0.6) is 0 Å². The van der Waals surface area contributed by atoms with Crippen molar-refractivity contribution in [2.24, 2.45) is 0 Å². The molecule has 0 aliphatic carbocycles. The Labute approximate surface area is 180 Å². The Morgan fingerprint density at radius 1 is 1.03 bits per heavy atom. The number of sulfonamides is 1. The number of thiophene rings is 1. The summed E-state index contributed by atoms with van der Waals surface area (Å²) in [5, 5.41) is 1.91. The number of benzene rings is 1. The highest BCUT2D eigenvalue weighted by atomic mass is 32.2. The monoisotopic (exact) mass is 447 g/mol. The van der Waals surface area contributed by atoms with E-state index in [0.29, 0.717) is 13.0 Å². The van der Waals surface area contributed by atoms with Gasteiger partial charge in [-0.15, -0.1) is 11.3 Å². The van der Waals surface area contributed by atoms with Crippen LogP contribution < -0.4 is 9.62 Å². The molecular formula is C21H25N3O4S2. The molecule has 1 saturated heterocycles. The Morgan fingerprint density at radius 2 is 1.80 bits per heavy atom. The van der Waals surface area contributed by atoms with E-state index >= 15 is 0 Å². The number of hydrogen-bond donors (Lipinski definition) is 1. The third-order valence-corrected chi connectivity index (χ3v) is 7.86. The number of nitrogens with zero attached hydrogens (tertiary/aromatic N) is 2. The van der Waals surface area contributed by atoms with Gasteiger partial charge in [-0.3, -0.25) is 9.59 Å². The lowest BCUT2D eigenvalue weighted by molar-refractivity contribution is -0.132. The van der Waals surface area contributed by atoms with E-state index < -0.39 is 10.0 Å². The third kappa shape index (κ3) is 4.58. The van der Waals surface area contributed by atoms with Gasteiger partial charge in [-0.05, 0) is 54.5 Å². The summed E-state index contributed by atoms with van der Waals surface area (Å²) in [5.74, 6) is -0.0498. The number of amides is 2. The van der Waals surface area contributed by atoms with Crippen molar-refractivity contribution in [2.75, 3.05) is 24.5 Å². The number of hydrogen-bond acceptors (Lipinski definition) is 5. The van der Waals surface area contributed by atoms with Crippen LogP contribution in [0.2, 0.25) is 0 Å². The highest BCUT2D eigenvalue weighted by Crippen LogP contribution is 2.31. The number of rotatable bonds is 7. The zero-order chi connectivity index (χ0) is 21.1. The summed E-state index contributed by atoms with van der Waals surface area (Å²) in [6, 6.07) is 8.65. The molecule has 30 heavy (non-hydrogen) atoms. The molecule has 1 aromatic carbocycles. The number of likely N-dealkylation sites (tertiary alicyclic amines) is 1. The number of nitrogens with one attached hydrogen (secondary N) is 1. The lowest BCUT2D eigenvalue weighted by Gasteiger charge is -2.19. The second-order valence-corrected chi connectivity index (χ2v) is 10.4. The molecule has 160 valence electrons. The Morgan fingerprint density at radius 3 is 2.53 bits per heavy atom. The molecule has 2 aromatic rings. The number of carbonyl (C=O) groups is 2. The van der Waals surface area contributed by atoms with Gasteiger partial charge in [0.25, 0.3) is 0 Å². The van der Waals surface area contributed by atoms with Crippen molar-refractivity contribution in [3.8, 4) is 0 Å². The Balaban J connectivity index is 1.39. The minimum Gasteiger partial charge on any atom is -0.343 e. The molecule has 1 fully saturated rings. The van der Waals surface area contributed by atoms with Crippen molar-refractivity contribution in [1.29, 1.82) is 0 Å². The van der Waals surface area contributed by atoms with Crippen LogP contribution in [0.15, 0.2) is 40.6 Å². The minimum atomic E-state index is -3.62. The fourth-order valence-electron chi connectivity index (χ4n) is 3.94. The molecule has 0 unspecified atom stereocenters. The molecular weight excluding hydrogens is 422 g/mol. The third-order valence-electron chi connectivity index (χ3n) is 5.59. The highest BCUT2D eigenvalue weighted by Gasteiger charge is 2.27. The lowest BCUT2D eigenvalue weighted by Crippen LogP contribution is -2.32. The van der Waals surface area contributed by atoms with Gasteiger partial charge in [-0.25, -0.2) is 13.1 Å². The van der Waals surface area contributed by atoms with Gasteiger partial charge in [0.2, 0.25) is 21.8 Å². The molecule has 0 saturated carbocycles. The molecule has 3 heterocycles. The zero-order valence-corrected chi connectivity index (χ0v) is 18.3. The molecule has 1 N–H and O–H groups in total. The fraction of sp³-hybridized carbons (Fsp3) is 0.429. The average molecular weight is 448 g/mol. The van der Waals surface area contributed by atoms with Gasteiger partial charge in [0.05, 0.1) is 4.90 Å². The van der Waals surface area contributed by atoms with Gasteiger partial charge < -0.3 is 9.80 Å². The first-order chi connectivity index (χ1) is 14.4. The van der Waals surface area contributed by atoms with Crippen LogP contribution >= 0.6 is 11.3 Å². The topological polar surface area (TPSA) is 86.8 Å². The first-order valence-corrected chi connectivity index (χ1v) is 12.5. The molecule has 2 amide bonds.